The number of halogens is 2. The highest BCUT2D eigenvalue weighted by Crippen LogP contribution is 2.29. The second-order valence-electron chi connectivity index (χ2n) is 3.24. The monoisotopic (exact) mass is 221 g/mol. The van der Waals surface area contributed by atoms with E-state index in [0.717, 1.165) is 13.1 Å². The summed E-state index contributed by atoms with van der Waals surface area (Å²) >= 11 is 1.69. The number of hydrogen-bond donors (Lipinski definition) is 1. The highest BCUT2D eigenvalue weighted by molar-refractivity contribution is 7.07. The quantitative estimate of drug-likeness (QED) is 0.809. The average Bonchev–Trinajstić information content (AvgIpc) is 2.74. The predicted molar refractivity (Wildman–Crippen MR) is 56.6 cm³/mol. The fraction of sp³-hybridized carbons (Fsp3) is 0.556. The van der Waals surface area contributed by atoms with Gasteiger partial charge in [0.15, 0.2) is 0 Å². The maximum absolute atomic E-state index is 12.5. The lowest BCUT2D eigenvalue weighted by Crippen LogP contribution is -2.11. The van der Waals surface area contributed by atoms with Crippen molar-refractivity contribution in [2.24, 2.45) is 5.92 Å². The molecule has 13 heavy (non-hydrogen) atoms. The molecule has 2 unspecified atom stereocenters. The molecule has 1 aliphatic rings. The molecule has 0 spiro atoms. The number of thiophene rings is 1. The molecular weight excluding hydrogens is 209 g/mol. The van der Waals surface area contributed by atoms with Crippen molar-refractivity contribution in [2.75, 3.05) is 19.8 Å². The van der Waals surface area contributed by atoms with Crippen molar-refractivity contribution in [3.63, 3.8) is 0 Å². The van der Waals surface area contributed by atoms with Gasteiger partial charge in [-0.1, -0.05) is 0 Å². The van der Waals surface area contributed by atoms with Crippen LogP contribution in [0.1, 0.15) is 11.5 Å². The van der Waals surface area contributed by atoms with Crippen LogP contribution < -0.4 is 5.32 Å². The Balaban J connectivity index is 0.000000845. The summed E-state index contributed by atoms with van der Waals surface area (Å²) in [6.45, 7) is 1.57. The second kappa shape index (κ2) is 4.94. The van der Waals surface area contributed by atoms with Crippen molar-refractivity contribution in [1.29, 1.82) is 0 Å². The van der Waals surface area contributed by atoms with Crippen LogP contribution in [0.25, 0.3) is 0 Å². The van der Waals surface area contributed by atoms with Crippen LogP contribution in [0, 0.1) is 5.92 Å². The lowest BCUT2D eigenvalue weighted by molar-refractivity contribution is 0.359. The van der Waals surface area contributed by atoms with Crippen LogP contribution in [0.5, 0.6) is 0 Å². The lowest BCUT2D eigenvalue weighted by atomic mass is 9.92. The first-order valence-electron chi connectivity index (χ1n) is 4.20. The molecule has 0 saturated carbocycles. The van der Waals surface area contributed by atoms with Crippen molar-refractivity contribution in [1.82, 2.24) is 5.32 Å². The zero-order valence-electron chi connectivity index (χ0n) is 7.20. The van der Waals surface area contributed by atoms with Gasteiger partial charge >= 0.3 is 0 Å². The van der Waals surface area contributed by atoms with Gasteiger partial charge in [0, 0.05) is 24.9 Å². The van der Waals surface area contributed by atoms with Crippen molar-refractivity contribution >= 4 is 23.7 Å². The van der Waals surface area contributed by atoms with E-state index in [9.17, 15) is 4.39 Å². The Labute approximate surface area is 87.8 Å². The molecular formula is C9H13ClFNS. The van der Waals surface area contributed by atoms with Crippen LogP contribution in [0.3, 0.4) is 0 Å². The molecule has 0 aromatic carbocycles. The Kier molecular flexibility index (Phi) is 4.16. The van der Waals surface area contributed by atoms with Gasteiger partial charge < -0.3 is 5.32 Å². The molecule has 0 aliphatic carbocycles. The summed E-state index contributed by atoms with van der Waals surface area (Å²) in [4.78, 5) is 0. The van der Waals surface area contributed by atoms with Gasteiger partial charge in [0.2, 0.25) is 0 Å². The first-order valence-corrected chi connectivity index (χ1v) is 5.15. The third kappa shape index (κ3) is 2.22. The summed E-state index contributed by atoms with van der Waals surface area (Å²) < 4.78 is 12.5. The van der Waals surface area contributed by atoms with E-state index in [1.165, 1.54) is 5.56 Å². The van der Waals surface area contributed by atoms with Crippen LogP contribution in [0.4, 0.5) is 4.39 Å². The van der Waals surface area contributed by atoms with Crippen LogP contribution in [-0.2, 0) is 0 Å². The second-order valence-corrected chi connectivity index (χ2v) is 4.02. The molecule has 1 aromatic heterocycles. The first kappa shape index (κ1) is 11.0. The smallest absolute Gasteiger partial charge is 0.0941 e. The maximum Gasteiger partial charge on any atom is 0.0941 e. The van der Waals surface area contributed by atoms with E-state index < -0.39 is 0 Å². The van der Waals surface area contributed by atoms with Crippen molar-refractivity contribution in [2.45, 2.75) is 5.92 Å². The van der Waals surface area contributed by atoms with Gasteiger partial charge in [0.05, 0.1) is 6.67 Å². The van der Waals surface area contributed by atoms with E-state index in [2.05, 4.69) is 22.1 Å². The molecule has 0 amide bonds. The Morgan fingerprint density at radius 3 is 3.00 bits per heavy atom. The molecule has 1 aromatic rings. The molecule has 0 radical (unpaired) electrons. The summed E-state index contributed by atoms with van der Waals surface area (Å²) in [7, 11) is 0. The van der Waals surface area contributed by atoms with E-state index in [4.69, 9.17) is 0 Å². The number of alkyl halides is 1. The number of nitrogens with one attached hydrogen (secondary N) is 1. The molecule has 1 nitrogen and oxygen atoms in total. The summed E-state index contributed by atoms with van der Waals surface area (Å²) in [6, 6.07) is 2.10. The topological polar surface area (TPSA) is 12.0 Å². The molecule has 2 atom stereocenters. The third-order valence-electron chi connectivity index (χ3n) is 2.51. The minimum absolute atomic E-state index is 0. The predicted octanol–water partition coefficient (Wildman–Crippen LogP) is 2.44. The normalized spacial score (nSPS) is 27.2. The molecule has 2 rings (SSSR count). The number of hydrogen-bond acceptors (Lipinski definition) is 2. The van der Waals surface area contributed by atoms with Gasteiger partial charge in [-0.05, 0) is 22.4 Å². The van der Waals surface area contributed by atoms with Crippen LogP contribution in [-0.4, -0.2) is 19.8 Å². The molecule has 74 valence electrons. The largest absolute Gasteiger partial charge is 0.316 e. The van der Waals surface area contributed by atoms with Crippen LogP contribution >= 0.6 is 23.7 Å². The fourth-order valence-electron chi connectivity index (χ4n) is 1.77. The Bertz CT molecular complexity index is 240. The number of rotatable bonds is 2. The van der Waals surface area contributed by atoms with Crippen molar-refractivity contribution in [3.05, 3.63) is 22.4 Å². The van der Waals surface area contributed by atoms with E-state index in [-0.39, 0.29) is 25.0 Å². The molecule has 2 heterocycles. The molecule has 4 heteroatoms. The summed E-state index contributed by atoms with van der Waals surface area (Å²) in [6.07, 6.45) is 0. The highest BCUT2D eigenvalue weighted by Gasteiger charge is 2.28. The first-order chi connectivity index (χ1) is 5.92. The van der Waals surface area contributed by atoms with E-state index in [0.29, 0.717) is 5.92 Å². The third-order valence-corrected chi connectivity index (χ3v) is 3.21. The molecule has 1 N–H and O–H groups in total. The zero-order valence-corrected chi connectivity index (χ0v) is 8.84. The summed E-state index contributed by atoms with van der Waals surface area (Å²) in [5.74, 6) is 0.598. The van der Waals surface area contributed by atoms with Gasteiger partial charge in [0.25, 0.3) is 0 Å². The molecule has 1 saturated heterocycles. The van der Waals surface area contributed by atoms with E-state index >= 15 is 0 Å². The summed E-state index contributed by atoms with van der Waals surface area (Å²) in [5.41, 5.74) is 1.30. The standard InChI is InChI=1S/C9H12FNS.ClH/c10-3-8-4-11-5-9(8)7-1-2-12-6-7;/h1-2,6,8-9,11H,3-5H2;1H. The lowest BCUT2D eigenvalue weighted by Gasteiger charge is -2.12. The zero-order chi connectivity index (χ0) is 8.39. The SMILES string of the molecule is Cl.FCC1CNCC1c1ccsc1. The summed E-state index contributed by atoms with van der Waals surface area (Å²) in [5, 5.41) is 7.41. The van der Waals surface area contributed by atoms with Crippen molar-refractivity contribution in [3.8, 4) is 0 Å². The average molecular weight is 222 g/mol. The van der Waals surface area contributed by atoms with Gasteiger partial charge in [-0.25, -0.2) is 0 Å². The Morgan fingerprint density at radius 2 is 2.38 bits per heavy atom. The van der Waals surface area contributed by atoms with E-state index in [1.54, 1.807) is 11.3 Å². The van der Waals surface area contributed by atoms with Gasteiger partial charge in [-0.3, -0.25) is 4.39 Å². The van der Waals surface area contributed by atoms with E-state index in [1.807, 2.05) is 0 Å². The molecule has 1 aliphatic heterocycles. The molecule has 0 bridgehead atoms. The van der Waals surface area contributed by atoms with Crippen molar-refractivity contribution < 1.29 is 4.39 Å². The van der Waals surface area contributed by atoms with Gasteiger partial charge in [-0.15, -0.1) is 12.4 Å². The minimum atomic E-state index is -0.201. The van der Waals surface area contributed by atoms with Gasteiger partial charge in [0.1, 0.15) is 0 Å². The maximum atomic E-state index is 12.5. The fourth-order valence-corrected chi connectivity index (χ4v) is 2.50. The Hall–Kier alpha value is -0.120. The van der Waals surface area contributed by atoms with Crippen LogP contribution in [0.15, 0.2) is 16.8 Å². The highest BCUT2D eigenvalue weighted by atomic mass is 35.5. The molecule has 1 fully saturated rings. The van der Waals surface area contributed by atoms with Crippen LogP contribution in [0.2, 0.25) is 0 Å². The Morgan fingerprint density at radius 1 is 1.54 bits per heavy atom. The minimum Gasteiger partial charge on any atom is -0.316 e. The van der Waals surface area contributed by atoms with Gasteiger partial charge in [-0.2, -0.15) is 11.3 Å².